The third-order valence-corrected chi connectivity index (χ3v) is 4.19. The maximum Gasteiger partial charge on any atom is 0.416 e. The Morgan fingerprint density at radius 1 is 1.14 bits per heavy atom. The largest absolute Gasteiger partial charge is 0.416 e. The van der Waals surface area contributed by atoms with E-state index in [9.17, 15) is 31.1 Å². The van der Waals surface area contributed by atoms with Gasteiger partial charge in [0.15, 0.2) is 0 Å². The smallest absolute Gasteiger partial charge is 0.374 e. The van der Waals surface area contributed by atoms with E-state index in [2.05, 4.69) is 24.1 Å². The van der Waals surface area contributed by atoms with Gasteiger partial charge in [-0.1, -0.05) is 13.8 Å². The maximum atomic E-state index is 12.9. The van der Waals surface area contributed by atoms with E-state index in [4.69, 9.17) is 4.74 Å². The molecule has 1 aromatic carbocycles. The molecule has 1 aliphatic heterocycles. The highest BCUT2D eigenvalue weighted by Crippen LogP contribution is 2.36. The van der Waals surface area contributed by atoms with Gasteiger partial charge in [-0.2, -0.15) is 26.3 Å². The second-order valence-electron chi connectivity index (χ2n) is 7.15. The van der Waals surface area contributed by atoms with Crippen molar-refractivity contribution in [2.24, 2.45) is 5.92 Å². The third kappa shape index (κ3) is 6.37. The van der Waals surface area contributed by atoms with Gasteiger partial charge in [-0.25, -0.2) is 0 Å². The summed E-state index contributed by atoms with van der Waals surface area (Å²) in [5, 5.41) is 2.37. The number of hydrogen-bond acceptors (Lipinski definition) is 3. The first-order valence-electron chi connectivity index (χ1n) is 8.78. The van der Waals surface area contributed by atoms with Gasteiger partial charge < -0.3 is 10.1 Å². The minimum Gasteiger partial charge on any atom is -0.374 e. The Labute approximate surface area is 158 Å². The summed E-state index contributed by atoms with van der Waals surface area (Å²) < 4.78 is 82.9. The molecule has 1 N–H and O–H groups in total. The Balaban J connectivity index is 2.09. The summed E-state index contributed by atoms with van der Waals surface area (Å²) in [7, 11) is 0. The summed E-state index contributed by atoms with van der Waals surface area (Å²) in [4.78, 5) is 14.3. The lowest BCUT2D eigenvalue weighted by Crippen LogP contribution is -2.48. The topological polar surface area (TPSA) is 41.6 Å². The monoisotopic (exact) mass is 412 g/mol. The van der Waals surface area contributed by atoms with E-state index in [-0.39, 0.29) is 18.7 Å². The van der Waals surface area contributed by atoms with Crippen molar-refractivity contribution in [3.05, 3.63) is 34.9 Å². The van der Waals surface area contributed by atoms with Crippen LogP contribution in [0.4, 0.5) is 26.3 Å². The van der Waals surface area contributed by atoms with Crippen LogP contribution in [0, 0.1) is 5.92 Å². The Bertz CT molecular complexity index is 655. The second-order valence-corrected chi connectivity index (χ2v) is 7.15. The number of ether oxygens (including phenoxy) is 1. The van der Waals surface area contributed by atoms with Crippen LogP contribution in [0.5, 0.6) is 0 Å². The van der Waals surface area contributed by atoms with E-state index >= 15 is 0 Å². The van der Waals surface area contributed by atoms with Crippen LogP contribution < -0.4 is 5.32 Å². The van der Waals surface area contributed by atoms with E-state index in [1.165, 1.54) is 0 Å². The number of hydrogen-bond donors (Lipinski definition) is 1. The summed E-state index contributed by atoms with van der Waals surface area (Å²) in [6.07, 6.45) is -10.4. The lowest BCUT2D eigenvalue weighted by Gasteiger charge is -2.34. The molecular formula is C18H22F6N2O2. The normalized spacial score (nSPS) is 19.1. The highest BCUT2D eigenvalue weighted by atomic mass is 19.4. The Kier molecular flexibility index (Phi) is 6.97. The van der Waals surface area contributed by atoms with Crippen molar-refractivity contribution in [3.8, 4) is 0 Å². The average molecular weight is 412 g/mol. The predicted octanol–water partition coefficient (Wildman–Crippen LogP) is 3.81. The van der Waals surface area contributed by atoms with Crippen LogP contribution >= 0.6 is 0 Å². The van der Waals surface area contributed by atoms with Crippen LogP contribution in [-0.4, -0.2) is 49.7 Å². The van der Waals surface area contributed by atoms with Crippen LogP contribution in [0.15, 0.2) is 18.2 Å². The van der Waals surface area contributed by atoms with Gasteiger partial charge in [0.2, 0.25) is 0 Å². The molecule has 1 unspecified atom stereocenters. The summed E-state index contributed by atoms with van der Waals surface area (Å²) in [5.41, 5.74) is -3.74. The van der Waals surface area contributed by atoms with Gasteiger partial charge in [0, 0.05) is 31.7 Å². The molecule has 1 fully saturated rings. The van der Waals surface area contributed by atoms with Crippen LogP contribution in [0.2, 0.25) is 0 Å². The zero-order valence-corrected chi connectivity index (χ0v) is 15.5. The molecule has 0 aliphatic carbocycles. The molecule has 158 valence electrons. The number of carbonyl (C=O) groups is 1. The number of alkyl halides is 6. The van der Waals surface area contributed by atoms with E-state index in [0.717, 1.165) is 13.1 Å². The molecule has 1 aromatic rings. The zero-order valence-electron chi connectivity index (χ0n) is 15.5. The molecule has 4 nitrogen and oxygen atoms in total. The van der Waals surface area contributed by atoms with Gasteiger partial charge in [0.25, 0.3) is 5.91 Å². The Morgan fingerprint density at radius 3 is 2.21 bits per heavy atom. The minimum absolute atomic E-state index is 0.00890. The van der Waals surface area contributed by atoms with Crippen molar-refractivity contribution >= 4 is 5.91 Å². The molecule has 0 aromatic heterocycles. The number of nitrogens with one attached hydrogen (secondary N) is 1. The highest BCUT2D eigenvalue weighted by Gasteiger charge is 2.37. The summed E-state index contributed by atoms with van der Waals surface area (Å²) >= 11 is 0. The number of nitrogens with zero attached hydrogens (tertiary/aromatic N) is 1. The fraction of sp³-hybridized carbons (Fsp3) is 0.611. The number of rotatable bonds is 5. The predicted molar refractivity (Wildman–Crippen MR) is 89.8 cm³/mol. The van der Waals surface area contributed by atoms with Crippen LogP contribution in [-0.2, 0) is 17.1 Å². The Morgan fingerprint density at radius 2 is 1.71 bits per heavy atom. The molecule has 0 bridgehead atoms. The quantitative estimate of drug-likeness (QED) is 0.748. The summed E-state index contributed by atoms with van der Waals surface area (Å²) in [6.45, 7) is 6.62. The number of benzene rings is 1. The standard InChI is InChI=1S/C18H22F6N2O2/c1-11(2)9-26-3-4-28-15(10-26)8-25-16(27)12-5-13(17(19,20)21)7-14(6-12)18(22,23)24/h5-7,11,15H,3-4,8-10H2,1-2H3,(H,25,27). The SMILES string of the molecule is CC(C)CN1CCOC(CNC(=O)c2cc(C(F)(F)F)cc(C(F)(F)F)c2)C1. The molecule has 10 heteroatoms. The summed E-state index contributed by atoms with van der Waals surface area (Å²) in [5.74, 6) is -0.583. The van der Waals surface area contributed by atoms with E-state index in [0.29, 0.717) is 31.2 Å². The first kappa shape index (κ1) is 22.5. The van der Waals surface area contributed by atoms with Crippen LogP contribution in [0.3, 0.4) is 0 Å². The second kappa shape index (κ2) is 8.69. The molecule has 1 saturated heterocycles. The van der Waals surface area contributed by atoms with Crippen molar-refractivity contribution in [1.82, 2.24) is 10.2 Å². The number of halogens is 6. The van der Waals surface area contributed by atoms with Gasteiger partial charge in [-0.05, 0) is 24.1 Å². The molecule has 0 saturated carbocycles. The number of carbonyl (C=O) groups excluding carboxylic acids is 1. The van der Waals surface area contributed by atoms with Crippen molar-refractivity contribution < 1.29 is 35.9 Å². The fourth-order valence-electron chi connectivity index (χ4n) is 2.98. The van der Waals surface area contributed by atoms with Gasteiger partial charge >= 0.3 is 12.4 Å². The van der Waals surface area contributed by atoms with Crippen molar-refractivity contribution in [2.75, 3.05) is 32.8 Å². The molecule has 28 heavy (non-hydrogen) atoms. The van der Waals surface area contributed by atoms with Gasteiger partial charge in [0.05, 0.1) is 23.8 Å². The zero-order chi connectivity index (χ0) is 21.1. The van der Waals surface area contributed by atoms with E-state index in [1.807, 2.05) is 0 Å². The van der Waals surface area contributed by atoms with Crippen molar-refractivity contribution in [3.63, 3.8) is 0 Å². The first-order valence-corrected chi connectivity index (χ1v) is 8.78. The average Bonchev–Trinajstić information content (AvgIpc) is 2.57. The van der Waals surface area contributed by atoms with Crippen LogP contribution in [0.1, 0.15) is 35.3 Å². The van der Waals surface area contributed by atoms with Crippen molar-refractivity contribution in [1.29, 1.82) is 0 Å². The molecule has 2 rings (SSSR count). The highest BCUT2D eigenvalue weighted by molar-refractivity contribution is 5.94. The van der Waals surface area contributed by atoms with Gasteiger partial charge in [-0.3, -0.25) is 9.69 Å². The first-order chi connectivity index (χ1) is 12.9. The molecule has 1 amide bonds. The van der Waals surface area contributed by atoms with Crippen LogP contribution in [0.25, 0.3) is 0 Å². The number of amides is 1. The minimum atomic E-state index is -5.00. The number of morpholine rings is 1. The molecule has 1 heterocycles. The maximum absolute atomic E-state index is 12.9. The molecular weight excluding hydrogens is 390 g/mol. The Hall–Kier alpha value is -1.81. The summed E-state index contributed by atoms with van der Waals surface area (Å²) in [6, 6.07) is 0.819. The van der Waals surface area contributed by atoms with E-state index in [1.54, 1.807) is 0 Å². The van der Waals surface area contributed by atoms with Gasteiger partial charge in [-0.15, -0.1) is 0 Å². The third-order valence-electron chi connectivity index (χ3n) is 4.19. The molecule has 1 atom stereocenters. The molecule has 1 aliphatic rings. The lowest BCUT2D eigenvalue weighted by molar-refractivity contribution is -0.143. The van der Waals surface area contributed by atoms with E-state index < -0.39 is 35.0 Å². The van der Waals surface area contributed by atoms with Gasteiger partial charge in [0.1, 0.15) is 0 Å². The fourth-order valence-corrected chi connectivity index (χ4v) is 2.98. The molecule has 0 spiro atoms. The van der Waals surface area contributed by atoms with Crippen molar-refractivity contribution in [2.45, 2.75) is 32.3 Å². The lowest BCUT2D eigenvalue weighted by atomic mass is 10.0. The molecule has 0 radical (unpaired) electrons.